The van der Waals surface area contributed by atoms with Crippen LogP contribution in [0.4, 0.5) is 5.82 Å². The molecule has 7 nitrogen and oxygen atoms in total. The van der Waals surface area contributed by atoms with Crippen LogP contribution in [0.2, 0.25) is 0 Å². The number of aromatic nitrogens is 4. The zero-order valence-electron chi connectivity index (χ0n) is 8.83. The Kier molecular flexibility index (Phi) is 2.49. The number of aliphatic hydroxyl groups is 2. The van der Waals surface area contributed by atoms with Crippen LogP contribution < -0.4 is 5.73 Å². The summed E-state index contributed by atoms with van der Waals surface area (Å²) in [5.74, 6) is 0.299. The van der Waals surface area contributed by atoms with Gasteiger partial charge in [0.15, 0.2) is 11.5 Å². The molecule has 7 heteroatoms. The van der Waals surface area contributed by atoms with E-state index in [1.165, 1.54) is 19.6 Å². The van der Waals surface area contributed by atoms with Crippen LogP contribution in [-0.4, -0.2) is 41.9 Å². The van der Waals surface area contributed by atoms with Crippen molar-refractivity contribution in [2.45, 2.75) is 19.1 Å². The van der Waals surface area contributed by atoms with Gasteiger partial charge >= 0.3 is 0 Å². The van der Waals surface area contributed by atoms with E-state index in [0.29, 0.717) is 17.0 Å². The van der Waals surface area contributed by atoms with Crippen LogP contribution in [0.3, 0.4) is 0 Å². The fourth-order valence-corrected chi connectivity index (χ4v) is 1.43. The number of aliphatic hydroxyl groups excluding tert-OH is 1. The fraction of sp³-hybridized carbons (Fsp3) is 0.444. The number of nitrogens with two attached hydrogens (primary N) is 1. The first-order chi connectivity index (χ1) is 7.53. The van der Waals surface area contributed by atoms with Crippen molar-refractivity contribution in [2.75, 3.05) is 12.3 Å². The molecule has 0 amide bonds. The Bertz CT molecular complexity index is 508. The molecule has 0 fully saturated rings. The standard InChI is InChI=1S/C9H13N5O2/c1-9(16,3-15)2-14-5-13-6-7(10)11-4-12-8(6)14/h4-5,15-16H,2-3H2,1H3,(H2,10,11,12). The molecule has 2 aromatic heterocycles. The Hall–Kier alpha value is -1.73. The van der Waals surface area contributed by atoms with Crippen LogP contribution in [0, 0.1) is 0 Å². The molecule has 86 valence electrons. The van der Waals surface area contributed by atoms with Gasteiger partial charge in [-0.05, 0) is 6.92 Å². The Morgan fingerprint density at radius 1 is 1.44 bits per heavy atom. The normalized spacial score (nSPS) is 15.2. The minimum Gasteiger partial charge on any atom is -0.393 e. The van der Waals surface area contributed by atoms with Gasteiger partial charge in [-0.1, -0.05) is 0 Å². The average Bonchev–Trinajstić information content (AvgIpc) is 2.63. The number of imidazole rings is 1. The van der Waals surface area contributed by atoms with E-state index in [1.807, 2.05) is 0 Å². The maximum Gasteiger partial charge on any atom is 0.165 e. The molecule has 0 radical (unpaired) electrons. The highest BCUT2D eigenvalue weighted by molar-refractivity contribution is 5.81. The maximum atomic E-state index is 9.75. The van der Waals surface area contributed by atoms with E-state index in [1.54, 1.807) is 4.57 Å². The van der Waals surface area contributed by atoms with Crippen molar-refractivity contribution in [1.82, 2.24) is 19.5 Å². The fourth-order valence-electron chi connectivity index (χ4n) is 1.43. The molecular formula is C9H13N5O2. The first kappa shape index (κ1) is 10.8. The summed E-state index contributed by atoms with van der Waals surface area (Å²) in [6, 6.07) is 0. The molecule has 0 aliphatic heterocycles. The predicted octanol–water partition coefficient (Wildman–Crippen LogP) is -0.848. The largest absolute Gasteiger partial charge is 0.393 e. The molecular weight excluding hydrogens is 210 g/mol. The first-order valence-corrected chi connectivity index (χ1v) is 4.78. The monoisotopic (exact) mass is 223 g/mol. The Balaban J connectivity index is 2.43. The molecule has 0 aromatic carbocycles. The van der Waals surface area contributed by atoms with Gasteiger partial charge in [0.25, 0.3) is 0 Å². The number of anilines is 1. The summed E-state index contributed by atoms with van der Waals surface area (Å²) in [7, 11) is 0. The van der Waals surface area contributed by atoms with Crippen LogP contribution in [0.1, 0.15) is 6.92 Å². The van der Waals surface area contributed by atoms with Crippen LogP contribution >= 0.6 is 0 Å². The number of rotatable bonds is 3. The molecule has 4 N–H and O–H groups in total. The third-order valence-electron chi connectivity index (χ3n) is 2.28. The molecule has 0 saturated carbocycles. The lowest BCUT2D eigenvalue weighted by Gasteiger charge is -2.20. The summed E-state index contributed by atoms with van der Waals surface area (Å²) >= 11 is 0. The van der Waals surface area contributed by atoms with Gasteiger partial charge in [0.1, 0.15) is 17.4 Å². The topological polar surface area (TPSA) is 110 Å². The van der Waals surface area contributed by atoms with Gasteiger partial charge in [-0.2, -0.15) is 0 Å². The Labute approximate surface area is 91.6 Å². The lowest BCUT2D eigenvalue weighted by Crippen LogP contribution is -2.34. The molecule has 0 aliphatic carbocycles. The van der Waals surface area contributed by atoms with Gasteiger partial charge in [0, 0.05) is 0 Å². The van der Waals surface area contributed by atoms with Crippen molar-refractivity contribution in [3.05, 3.63) is 12.7 Å². The van der Waals surface area contributed by atoms with Crippen molar-refractivity contribution < 1.29 is 10.2 Å². The van der Waals surface area contributed by atoms with Crippen LogP contribution in [0.15, 0.2) is 12.7 Å². The van der Waals surface area contributed by atoms with E-state index in [-0.39, 0.29) is 13.2 Å². The zero-order chi connectivity index (χ0) is 11.8. The first-order valence-electron chi connectivity index (χ1n) is 4.78. The van der Waals surface area contributed by atoms with E-state index in [9.17, 15) is 5.11 Å². The minimum atomic E-state index is -1.21. The van der Waals surface area contributed by atoms with Gasteiger partial charge in [0.05, 0.1) is 19.5 Å². The summed E-state index contributed by atoms with van der Waals surface area (Å²) < 4.78 is 1.63. The van der Waals surface area contributed by atoms with Gasteiger partial charge in [0.2, 0.25) is 0 Å². The van der Waals surface area contributed by atoms with E-state index < -0.39 is 5.60 Å². The quantitative estimate of drug-likeness (QED) is 0.625. The van der Waals surface area contributed by atoms with Crippen molar-refractivity contribution in [3.63, 3.8) is 0 Å². The minimum absolute atomic E-state index is 0.191. The van der Waals surface area contributed by atoms with Crippen LogP contribution in [0.25, 0.3) is 11.2 Å². The highest BCUT2D eigenvalue weighted by atomic mass is 16.3. The molecule has 2 rings (SSSR count). The number of nitrogen functional groups attached to an aromatic ring is 1. The summed E-state index contributed by atoms with van der Waals surface area (Å²) in [5, 5.41) is 18.7. The van der Waals surface area contributed by atoms with Crippen molar-refractivity contribution in [2.24, 2.45) is 0 Å². The van der Waals surface area contributed by atoms with Gasteiger partial charge in [-0.25, -0.2) is 15.0 Å². The number of fused-ring (bicyclic) bond motifs is 1. The summed E-state index contributed by atoms with van der Waals surface area (Å²) in [4.78, 5) is 11.9. The average molecular weight is 223 g/mol. The molecule has 0 spiro atoms. The molecule has 16 heavy (non-hydrogen) atoms. The van der Waals surface area contributed by atoms with Crippen molar-refractivity contribution in [1.29, 1.82) is 0 Å². The number of hydrogen-bond donors (Lipinski definition) is 3. The Morgan fingerprint density at radius 3 is 2.88 bits per heavy atom. The van der Waals surface area contributed by atoms with E-state index in [0.717, 1.165) is 0 Å². The molecule has 0 bridgehead atoms. The van der Waals surface area contributed by atoms with E-state index in [2.05, 4.69) is 15.0 Å². The second-order valence-corrected chi connectivity index (χ2v) is 3.96. The van der Waals surface area contributed by atoms with E-state index >= 15 is 0 Å². The molecule has 1 unspecified atom stereocenters. The van der Waals surface area contributed by atoms with Gasteiger partial charge in [-0.3, -0.25) is 0 Å². The Morgan fingerprint density at radius 2 is 2.19 bits per heavy atom. The zero-order valence-corrected chi connectivity index (χ0v) is 8.83. The van der Waals surface area contributed by atoms with E-state index in [4.69, 9.17) is 10.8 Å². The lowest BCUT2D eigenvalue weighted by molar-refractivity contribution is -0.0113. The smallest absolute Gasteiger partial charge is 0.165 e. The highest BCUT2D eigenvalue weighted by Gasteiger charge is 2.21. The van der Waals surface area contributed by atoms with Gasteiger partial charge < -0.3 is 20.5 Å². The van der Waals surface area contributed by atoms with Crippen LogP contribution in [-0.2, 0) is 6.54 Å². The van der Waals surface area contributed by atoms with Gasteiger partial charge in [-0.15, -0.1) is 0 Å². The third kappa shape index (κ3) is 1.82. The lowest BCUT2D eigenvalue weighted by atomic mass is 10.1. The maximum absolute atomic E-state index is 9.75. The summed E-state index contributed by atoms with van der Waals surface area (Å²) in [6.45, 7) is 1.38. The second-order valence-electron chi connectivity index (χ2n) is 3.96. The second kappa shape index (κ2) is 3.69. The molecule has 2 heterocycles. The number of nitrogens with zero attached hydrogens (tertiary/aromatic N) is 4. The molecule has 0 aliphatic rings. The summed E-state index contributed by atoms with van der Waals surface area (Å²) in [6.07, 6.45) is 2.85. The summed E-state index contributed by atoms with van der Waals surface area (Å²) in [5.41, 5.74) is 5.45. The van der Waals surface area contributed by atoms with Crippen LogP contribution in [0.5, 0.6) is 0 Å². The molecule has 2 aromatic rings. The van der Waals surface area contributed by atoms with Crippen molar-refractivity contribution in [3.8, 4) is 0 Å². The number of hydrogen-bond acceptors (Lipinski definition) is 6. The molecule has 1 atom stereocenters. The SMILES string of the molecule is CC(O)(CO)Cn1cnc2c(N)ncnc21. The molecule has 0 saturated heterocycles. The predicted molar refractivity (Wildman–Crippen MR) is 57.4 cm³/mol. The highest BCUT2D eigenvalue weighted by Crippen LogP contribution is 2.16. The third-order valence-corrected chi connectivity index (χ3v) is 2.28. The van der Waals surface area contributed by atoms with Crippen molar-refractivity contribution >= 4 is 17.0 Å².